The summed E-state index contributed by atoms with van der Waals surface area (Å²) in [7, 11) is 0. The summed E-state index contributed by atoms with van der Waals surface area (Å²) < 4.78 is 5.55. The predicted octanol–water partition coefficient (Wildman–Crippen LogP) is 2.28. The lowest BCUT2D eigenvalue weighted by Gasteiger charge is -2.26. The second-order valence-electron chi connectivity index (χ2n) is 2.97. The highest BCUT2D eigenvalue weighted by atomic mass is 16.5. The molecule has 0 radical (unpaired) electrons. The number of hydrogen-bond donors (Lipinski definition) is 1. The largest absolute Gasteiger partial charge is 0.361 e. The van der Waals surface area contributed by atoms with Crippen molar-refractivity contribution in [2.75, 3.05) is 6.61 Å². The number of rotatable bonds is 6. The third kappa shape index (κ3) is 4.38. The molecule has 0 saturated heterocycles. The Morgan fingerprint density at radius 2 is 1.73 bits per heavy atom. The molecule has 0 unspecified atom stereocenters. The Morgan fingerprint density at radius 3 is 2.09 bits per heavy atom. The van der Waals surface area contributed by atoms with Gasteiger partial charge in [0.05, 0.1) is 0 Å². The van der Waals surface area contributed by atoms with Crippen molar-refractivity contribution >= 4 is 0 Å². The first kappa shape index (κ1) is 10.9. The van der Waals surface area contributed by atoms with E-state index in [0.29, 0.717) is 0 Å². The van der Waals surface area contributed by atoms with E-state index in [-0.39, 0.29) is 5.72 Å². The zero-order chi connectivity index (χ0) is 8.74. The van der Waals surface area contributed by atoms with Crippen LogP contribution in [0.4, 0.5) is 0 Å². The van der Waals surface area contributed by atoms with E-state index in [9.17, 15) is 0 Å². The van der Waals surface area contributed by atoms with Gasteiger partial charge >= 0.3 is 0 Å². The normalized spacial score (nSPS) is 12.0. The van der Waals surface area contributed by atoms with Gasteiger partial charge in [-0.2, -0.15) is 0 Å². The summed E-state index contributed by atoms with van der Waals surface area (Å²) in [6, 6.07) is 0. The number of unbranched alkanes of at least 4 members (excludes halogenated alkanes) is 1. The zero-order valence-corrected chi connectivity index (χ0v) is 8.02. The minimum absolute atomic E-state index is 0.366. The standard InChI is InChI=1S/C9H21NO/c1-4-7-8-11-9(10,5-2)6-3/h4-8,10H2,1-3H3. The van der Waals surface area contributed by atoms with Gasteiger partial charge < -0.3 is 10.5 Å². The van der Waals surface area contributed by atoms with Gasteiger partial charge in [0.1, 0.15) is 5.72 Å². The van der Waals surface area contributed by atoms with Gasteiger partial charge in [-0.05, 0) is 19.3 Å². The maximum absolute atomic E-state index is 5.92. The van der Waals surface area contributed by atoms with Crippen LogP contribution >= 0.6 is 0 Å². The number of nitrogens with two attached hydrogens (primary N) is 1. The quantitative estimate of drug-likeness (QED) is 0.476. The fourth-order valence-electron chi connectivity index (χ4n) is 0.874. The van der Waals surface area contributed by atoms with E-state index in [4.69, 9.17) is 10.5 Å². The molecule has 68 valence electrons. The van der Waals surface area contributed by atoms with Crippen LogP contribution in [-0.2, 0) is 4.74 Å². The van der Waals surface area contributed by atoms with Crippen molar-refractivity contribution in [3.63, 3.8) is 0 Å². The molecule has 0 aromatic rings. The summed E-state index contributed by atoms with van der Waals surface area (Å²) in [4.78, 5) is 0. The van der Waals surface area contributed by atoms with Gasteiger partial charge in [0.25, 0.3) is 0 Å². The van der Waals surface area contributed by atoms with Gasteiger partial charge in [-0.1, -0.05) is 27.2 Å². The Morgan fingerprint density at radius 1 is 1.18 bits per heavy atom. The monoisotopic (exact) mass is 159 g/mol. The summed E-state index contributed by atoms with van der Waals surface area (Å²) in [5, 5.41) is 0. The Hall–Kier alpha value is -0.0800. The smallest absolute Gasteiger partial charge is 0.116 e. The molecule has 0 aromatic heterocycles. The number of hydrogen-bond acceptors (Lipinski definition) is 2. The fourth-order valence-corrected chi connectivity index (χ4v) is 0.874. The van der Waals surface area contributed by atoms with E-state index in [1.54, 1.807) is 0 Å². The molecule has 2 nitrogen and oxygen atoms in total. The number of ether oxygens (including phenoxy) is 1. The molecule has 0 bridgehead atoms. The first-order chi connectivity index (χ1) is 5.18. The van der Waals surface area contributed by atoms with Crippen molar-refractivity contribution in [2.24, 2.45) is 5.73 Å². The summed E-state index contributed by atoms with van der Waals surface area (Å²) in [5.74, 6) is 0. The molecule has 11 heavy (non-hydrogen) atoms. The van der Waals surface area contributed by atoms with Crippen LogP contribution in [0.1, 0.15) is 46.5 Å². The van der Waals surface area contributed by atoms with E-state index >= 15 is 0 Å². The van der Waals surface area contributed by atoms with Gasteiger partial charge in [-0.15, -0.1) is 0 Å². The van der Waals surface area contributed by atoms with Gasteiger partial charge in [-0.25, -0.2) is 0 Å². The molecular formula is C9H21NO. The van der Waals surface area contributed by atoms with Crippen molar-refractivity contribution < 1.29 is 4.74 Å². The second-order valence-corrected chi connectivity index (χ2v) is 2.97. The molecule has 0 aliphatic carbocycles. The van der Waals surface area contributed by atoms with Crippen LogP contribution < -0.4 is 5.73 Å². The summed E-state index contributed by atoms with van der Waals surface area (Å²) in [6.07, 6.45) is 4.07. The maximum Gasteiger partial charge on any atom is 0.116 e. The minimum atomic E-state index is -0.366. The fraction of sp³-hybridized carbons (Fsp3) is 1.00. The summed E-state index contributed by atoms with van der Waals surface area (Å²) >= 11 is 0. The first-order valence-corrected chi connectivity index (χ1v) is 4.61. The van der Waals surface area contributed by atoms with E-state index < -0.39 is 0 Å². The molecule has 0 amide bonds. The van der Waals surface area contributed by atoms with Crippen LogP contribution in [0.25, 0.3) is 0 Å². The van der Waals surface area contributed by atoms with Crippen LogP contribution in [0.15, 0.2) is 0 Å². The van der Waals surface area contributed by atoms with Crippen LogP contribution in [0.5, 0.6) is 0 Å². The van der Waals surface area contributed by atoms with E-state index in [2.05, 4.69) is 20.8 Å². The third-order valence-corrected chi connectivity index (χ3v) is 2.08. The average molecular weight is 159 g/mol. The van der Waals surface area contributed by atoms with Crippen molar-refractivity contribution in [1.82, 2.24) is 0 Å². The van der Waals surface area contributed by atoms with Crippen molar-refractivity contribution in [1.29, 1.82) is 0 Å². The molecular weight excluding hydrogens is 138 g/mol. The SMILES string of the molecule is CCCCOC(N)(CC)CC. The molecule has 0 aliphatic rings. The molecule has 0 heterocycles. The lowest BCUT2D eigenvalue weighted by Crippen LogP contribution is -2.41. The van der Waals surface area contributed by atoms with Gasteiger partial charge in [0.2, 0.25) is 0 Å². The topological polar surface area (TPSA) is 35.2 Å². The zero-order valence-electron chi connectivity index (χ0n) is 8.02. The van der Waals surface area contributed by atoms with Crippen LogP contribution in [-0.4, -0.2) is 12.3 Å². The first-order valence-electron chi connectivity index (χ1n) is 4.61. The summed E-state index contributed by atoms with van der Waals surface area (Å²) in [5.41, 5.74) is 5.55. The van der Waals surface area contributed by atoms with Gasteiger partial charge in [0, 0.05) is 6.61 Å². The molecule has 0 saturated carbocycles. The Labute approximate surface area is 70.1 Å². The maximum atomic E-state index is 5.92. The lowest BCUT2D eigenvalue weighted by atomic mass is 10.1. The molecule has 0 aliphatic heterocycles. The Bertz CT molecular complexity index is 89.6. The average Bonchev–Trinajstić information content (AvgIpc) is 2.05. The van der Waals surface area contributed by atoms with Crippen LogP contribution in [0, 0.1) is 0 Å². The van der Waals surface area contributed by atoms with E-state index in [0.717, 1.165) is 25.9 Å². The van der Waals surface area contributed by atoms with E-state index in [1.807, 2.05) is 0 Å². The minimum Gasteiger partial charge on any atom is -0.361 e. The van der Waals surface area contributed by atoms with E-state index in [1.165, 1.54) is 6.42 Å². The highest BCUT2D eigenvalue weighted by Gasteiger charge is 2.19. The van der Waals surface area contributed by atoms with Crippen LogP contribution in [0.3, 0.4) is 0 Å². The molecule has 2 N–H and O–H groups in total. The lowest BCUT2D eigenvalue weighted by molar-refractivity contribution is -0.0478. The van der Waals surface area contributed by atoms with Gasteiger partial charge in [-0.3, -0.25) is 0 Å². The highest BCUT2D eigenvalue weighted by molar-refractivity contribution is 4.68. The Balaban J connectivity index is 3.51. The molecule has 2 heteroatoms. The molecule has 0 fully saturated rings. The summed E-state index contributed by atoms with van der Waals surface area (Å²) in [6.45, 7) is 7.08. The predicted molar refractivity (Wildman–Crippen MR) is 48.4 cm³/mol. The Kier molecular flexibility index (Phi) is 5.51. The molecule has 0 spiro atoms. The van der Waals surface area contributed by atoms with Crippen molar-refractivity contribution in [2.45, 2.75) is 52.2 Å². The van der Waals surface area contributed by atoms with Crippen LogP contribution in [0.2, 0.25) is 0 Å². The van der Waals surface area contributed by atoms with Crippen molar-refractivity contribution in [3.05, 3.63) is 0 Å². The highest BCUT2D eigenvalue weighted by Crippen LogP contribution is 2.13. The second kappa shape index (κ2) is 5.56. The molecule has 0 atom stereocenters. The van der Waals surface area contributed by atoms with Gasteiger partial charge in [0.15, 0.2) is 0 Å². The third-order valence-electron chi connectivity index (χ3n) is 2.08. The molecule has 0 aromatic carbocycles. The molecule has 0 rings (SSSR count). The van der Waals surface area contributed by atoms with Crippen molar-refractivity contribution in [3.8, 4) is 0 Å².